The van der Waals surface area contributed by atoms with E-state index in [1.54, 1.807) is 0 Å². The lowest BCUT2D eigenvalue weighted by Crippen LogP contribution is -2.18. The molecule has 0 spiro atoms. The van der Waals surface area contributed by atoms with E-state index in [1.807, 2.05) is 24.3 Å². The Labute approximate surface area is 115 Å². The van der Waals surface area contributed by atoms with Gasteiger partial charge in [-0.2, -0.15) is 0 Å². The van der Waals surface area contributed by atoms with E-state index in [-0.39, 0.29) is 5.75 Å². The van der Waals surface area contributed by atoms with E-state index < -0.39 is 10.0 Å². The molecule has 1 aromatic carbocycles. The zero-order valence-electron chi connectivity index (χ0n) is 11.1. The lowest BCUT2D eigenvalue weighted by molar-refractivity contribution is 0.597. The summed E-state index contributed by atoms with van der Waals surface area (Å²) in [6, 6.07) is 8.07. The predicted octanol–water partition coefficient (Wildman–Crippen LogP) is 2.61. The third kappa shape index (κ3) is 5.20. The molecule has 0 unspecified atom stereocenters. The number of primary sulfonamides is 1. The molecule has 0 heterocycles. The molecular weight excluding hydrogens is 260 g/mol. The van der Waals surface area contributed by atoms with E-state index >= 15 is 0 Å². The van der Waals surface area contributed by atoms with Crippen LogP contribution in [0.2, 0.25) is 0 Å². The van der Waals surface area contributed by atoms with Gasteiger partial charge in [-0.25, -0.2) is 13.6 Å². The largest absolute Gasteiger partial charge is 0.382 e. The minimum atomic E-state index is -3.44. The third-order valence-corrected chi connectivity index (χ3v) is 4.28. The van der Waals surface area contributed by atoms with Crippen LogP contribution in [0.1, 0.15) is 44.1 Å². The summed E-state index contributed by atoms with van der Waals surface area (Å²) < 4.78 is 22.0. The van der Waals surface area contributed by atoms with E-state index in [9.17, 15) is 8.42 Å². The lowest BCUT2D eigenvalue weighted by atomic mass is 10.1. The quantitative estimate of drug-likeness (QED) is 0.834. The first-order valence-corrected chi connectivity index (χ1v) is 8.60. The maximum atomic E-state index is 11.0. The van der Waals surface area contributed by atoms with Crippen molar-refractivity contribution in [2.24, 2.45) is 5.14 Å². The van der Waals surface area contributed by atoms with Gasteiger partial charge in [0.15, 0.2) is 0 Å². The van der Waals surface area contributed by atoms with Gasteiger partial charge in [0.05, 0.1) is 5.75 Å². The van der Waals surface area contributed by atoms with Crippen molar-refractivity contribution in [2.75, 3.05) is 5.32 Å². The van der Waals surface area contributed by atoms with E-state index in [0.717, 1.165) is 11.3 Å². The number of anilines is 1. The second-order valence-corrected chi connectivity index (χ2v) is 6.95. The molecule has 19 heavy (non-hydrogen) atoms. The van der Waals surface area contributed by atoms with Gasteiger partial charge in [0, 0.05) is 11.7 Å². The monoisotopic (exact) mass is 282 g/mol. The molecule has 1 aliphatic rings. The van der Waals surface area contributed by atoms with Crippen LogP contribution in [-0.2, 0) is 15.8 Å². The zero-order valence-corrected chi connectivity index (χ0v) is 12.0. The van der Waals surface area contributed by atoms with Gasteiger partial charge in [-0.3, -0.25) is 0 Å². The molecule has 0 saturated heterocycles. The molecule has 3 N–H and O–H groups in total. The van der Waals surface area contributed by atoms with Gasteiger partial charge in [-0.05, 0) is 30.5 Å². The van der Waals surface area contributed by atoms with Crippen LogP contribution in [0.3, 0.4) is 0 Å². The maximum Gasteiger partial charge on any atom is 0.213 e. The zero-order chi connectivity index (χ0) is 13.7. The summed E-state index contributed by atoms with van der Waals surface area (Å²) >= 11 is 0. The Kier molecular flexibility index (Phi) is 4.82. The number of nitrogens with one attached hydrogen (secondary N) is 1. The van der Waals surface area contributed by atoms with Crippen LogP contribution in [0.25, 0.3) is 0 Å². The molecule has 2 rings (SSSR count). The van der Waals surface area contributed by atoms with Crippen LogP contribution in [0.5, 0.6) is 0 Å². The number of rotatable bonds is 4. The Morgan fingerprint density at radius 2 is 1.63 bits per heavy atom. The molecule has 1 saturated carbocycles. The van der Waals surface area contributed by atoms with E-state index in [1.165, 1.54) is 38.5 Å². The minimum absolute atomic E-state index is 0.100. The molecule has 1 aliphatic carbocycles. The Morgan fingerprint density at radius 1 is 1.05 bits per heavy atom. The van der Waals surface area contributed by atoms with Crippen LogP contribution in [0, 0.1) is 0 Å². The molecule has 0 aromatic heterocycles. The highest BCUT2D eigenvalue weighted by atomic mass is 32.2. The Balaban J connectivity index is 1.94. The fourth-order valence-corrected chi connectivity index (χ4v) is 3.25. The van der Waals surface area contributed by atoms with Gasteiger partial charge in [0.25, 0.3) is 0 Å². The number of benzene rings is 1. The summed E-state index contributed by atoms with van der Waals surface area (Å²) in [6.07, 6.45) is 7.71. The number of sulfonamides is 1. The van der Waals surface area contributed by atoms with Crippen molar-refractivity contribution < 1.29 is 8.42 Å². The summed E-state index contributed by atoms with van der Waals surface area (Å²) in [4.78, 5) is 0. The van der Waals surface area contributed by atoms with Crippen LogP contribution < -0.4 is 10.5 Å². The standard InChI is InChI=1S/C14H22N2O2S/c15-19(17,18)11-12-7-9-14(10-8-12)16-13-5-3-1-2-4-6-13/h7-10,13,16H,1-6,11H2,(H2,15,17,18). The molecular formula is C14H22N2O2S. The van der Waals surface area contributed by atoms with E-state index in [2.05, 4.69) is 5.32 Å². The average Bonchev–Trinajstić information content (AvgIpc) is 2.58. The molecule has 0 radical (unpaired) electrons. The normalized spacial score (nSPS) is 17.9. The SMILES string of the molecule is NS(=O)(=O)Cc1ccc(NC2CCCCCC2)cc1. The summed E-state index contributed by atoms with van der Waals surface area (Å²) in [5, 5.41) is 8.56. The molecule has 5 heteroatoms. The van der Waals surface area contributed by atoms with Crippen molar-refractivity contribution in [3.8, 4) is 0 Å². The number of nitrogens with two attached hydrogens (primary N) is 1. The molecule has 0 atom stereocenters. The molecule has 106 valence electrons. The van der Waals surface area contributed by atoms with Crippen molar-refractivity contribution in [2.45, 2.75) is 50.3 Å². The minimum Gasteiger partial charge on any atom is -0.382 e. The summed E-state index contributed by atoms with van der Waals surface area (Å²) in [5.74, 6) is -0.100. The number of hydrogen-bond donors (Lipinski definition) is 2. The topological polar surface area (TPSA) is 72.2 Å². The molecule has 0 bridgehead atoms. The Morgan fingerprint density at radius 3 is 2.16 bits per heavy atom. The molecule has 0 aliphatic heterocycles. The first-order chi connectivity index (χ1) is 9.03. The molecule has 1 fully saturated rings. The van der Waals surface area contributed by atoms with Crippen LogP contribution in [0.4, 0.5) is 5.69 Å². The van der Waals surface area contributed by atoms with Gasteiger partial charge in [-0.15, -0.1) is 0 Å². The second kappa shape index (κ2) is 6.39. The predicted molar refractivity (Wildman–Crippen MR) is 78.4 cm³/mol. The number of hydrogen-bond acceptors (Lipinski definition) is 3. The van der Waals surface area contributed by atoms with E-state index in [4.69, 9.17) is 5.14 Å². The smallest absolute Gasteiger partial charge is 0.213 e. The van der Waals surface area contributed by atoms with Gasteiger partial charge in [-0.1, -0.05) is 37.8 Å². The first-order valence-electron chi connectivity index (χ1n) is 6.89. The van der Waals surface area contributed by atoms with Gasteiger partial charge in [0.1, 0.15) is 0 Å². The first kappa shape index (κ1) is 14.3. The highest BCUT2D eigenvalue weighted by molar-refractivity contribution is 7.88. The highest BCUT2D eigenvalue weighted by Gasteiger charge is 2.12. The molecule has 0 amide bonds. The van der Waals surface area contributed by atoms with Crippen molar-refractivity contribution in [1.29, 1.82) is 0 Å². The Hall–Kier alpha value is -1.07. The van der Waals surface area contributed by atoms with Crippen LogP contribution in [0.15, 0.2) is 24.3 Å². The Bertz CT molecular complexity index is 489. The van der Waals surface area contributed by atoms with Crippen molar-refractivity contribution in [1.82, 2.24) is 0 Å². The van der Waals surface area contributed by atoms with Gasteiger partial charge >= 0.3 is 0 Å². The van der Waals surface area contributed by atoms with Crippen LogP contribution in [-0.4, -0.2) is 14.5 Å². The van der Waals surface area contributed by atoms with Gasteiger partial charge in [0.2, 0.25) is 10.0 Å². The van der Waals surface area contributed by atoms with Crippen molar-refractivity contribution >= 4 is 15.7 Å². The fourth-order valence-electron chi connectivity index (χ4n) is 2.59. The summed E-state index contributed by atoms with van der Waals surface area (Å²) in [6.45, 7) is 0. The third-order valence-electron chi connectivity index (χ3n) is 3.55. The second-order valence-electron chi connectivity index (χ2n) is 5.34. The lowest BCUT2D eigenvalue weighted by Gasteiger charge is -2.17. The van der Waals surface area contributed by atoms with Gasteiger partial charge < -0.3 is 5.32 Å². The van der Waals surface area contributed by atoms with Crippen molar-refractivity contribution in [3.63, 3.8) is 0 Å². The summed E-state index contributed by atoms with van der Waals surface area (Å²) in [5.41, 5.74) is 1.79. The highest BCUT2D eigenvalue weighted by Crippen LogP contribution is 2.21. The molecule has 1 aromatic rings. The van der Waals surface area contributed by atoms with Crippen LogP contribution >= 0.6 is 0 Å². The maximum absolute atomic E-state index is 11.0. The summed E-state index contributed by atoms with van der Waals surface area (Å²) in [7, 11) is -3.44. The van der Waals surface area contributed by atoms with Crippen molar-refractivity contribution in [3.05, 3.63) is 29.8 Å². The average molecular weight is 282 g/mol. The fraction of sp³-hybridized carbons (Fsp3) is 0.571. The van der Waals surface area contributed by atoms with E-state index in [0.29, 0.717) is 6.04 Å². The molecule has 4 nitrogen and oxygen atoms in total.